The van der Waals surface area contributed by atoms with Crippen molar-refractivity contribution in [3.63, 3.8) is 0 Å². The molecule has 26 heavy (non-hydrogen) atoms. The zero-order valence-corrected chi connectivity index (χ0v) is 16.2. The van der Waals surface area contributed by atoms with Gasteiger partial charge in [-0.2, -0.15) is 0 Å². The molecule has 0 aromatic heterocycles. The van der Waals surface area contributed by atoms with Crippen LogP contribution in [0.3, 0.4) is 0 Å². The molecule has 0 saturated carbocycles. The summed E-state index contributed by atoms with van der Waals surface area (Å²) in [7, 11) is 6.49. The largest absolute Gasteiger partial charge is 0.493 e. The molecule has 140 valence electrons. The Morgan fingerprint density at radius 1 is 0.962 bits per heavy atom. The lowest BCUT2D eigenvalue weighted by molar-refractivity contribution is -0.0752. The SMILES string of the molecule is COCOC1CCc2c(cc(OC)c(OC)c2OC)-c2ccc(Cl)cc21. The number of hydrogen-bond acceptors (Lipinski definition) is 5. The zero-order chi connectivity index (χ0) is 18.7. The Kier molecular flexibility index (Phi) is 5.91. The van der Waals surface area contributed by atoms with E-state index in [0.717, 1.165) is 35.1 Å². The maximum Gasteiger partial charge on any atom is 0.203 e. The Balaban J connectivity index is 2.23. The van der Waals surface area contributed by atoms with Crippen molar-refractivity contribution >= 4 is 11.6 Å². The van der Waals surface area contributed by atoms with Gasteiger partial charge in [-0.1, -0.05) is 17.7 Å². The van der Waals surface area contributed by atoms with Crippen molar-refractivity contribution in [2.24, 2.45) is 0 Å². The first kappa shape index (κ1) is 18.8. The molecule has 2 aromatic rings. The molecule has 1 atom stereocenters. The summed E-state index contributed by atoms with van der Waals surface area (Å²) in [5.41, 5.74) is 4.18. The van der Waals surface area contributed by atoms with Gasteiger partial charge in [-0.3, -0.25) is 0 Å². The zero-order valence-electron chi connectivity index (χ0n) is 15.4. The van der Waals surface area contributed by atoms with Crippen LogP contribution in [0.5, 0.6) is 17.2 Å². The Morgan fingerprint density at radius 3 is 2.38 bits per heavy atom. The fraction of sp³-hybridized carbons (Fsp3) is 0.400. The van der Waals surface area contributed by atoms with Gasteiger partial charge in [-0.15, -0.1) is 0 Å². The van der Waals surface area contributed by atoms with E-state index in [1.165, 1.54) is 0 Å². The predicted octanol–water partition coefficient (Wildman–Crippen LogP) is 4.64. The van der Waals surface area contributed by atoms with Crippen LogP contribution in [-0.4, -0.2) is 35.2 Å². The van der Waals surface area contributed by atoms with Crippen LogP contribution in [-0.2, 0) is 15.9 Å². The molecule has 0 amide bonds. The molecule has 2 aromatic carbocycles. The molecule has 0 N–H and O–H groups in total. The molecule has 5 nitrogen and oxygen atoms in total. The third kappa shape index (κ3) is 3.34. The topological polar surface area (TPSA) is 46.2 Å². The van der Waals surface area contributed by atoms with E-state index in [1.54, 1.807) is 28.4 Å². The average molecular weight is 379 g/mol. The molecule has 0 fully saturated rings. The molecule has 1 unspecified atom stereocenters. The van der Waals surface area contributed by atoms with Crippen molar-refractivity contribution in [1.82, 2.24) is 0 Å². The van der Waals surface area contributed by atoms with E-state index < -0.39 is 0 Å². The van der Waals surface area contributed by atoms with Gasteiger partial charge in [0.25, 0.3) is 0 Å². The van der Waals surface area contributed by atoms with Crippen molar-refractivity contribution in [3.8, 4) is 28.4 Å². The molecular weight excluding hydrogens is 356 g/mol. The summed E-state index contributed by atoms with van der Waals surface area (Å²) in [5.74, 6) is 1.91. The van der Waals surface area contributed by atoms with E-state index in [4.69, 9.17) is 35.3 Å². The monoisotopic (exact) mass is 378 g/mol. The second-order valence-electron chi connectivity index (χ2n) is 6.00. The molecule has 0 radical (unpaired) electrons. The van der Waals surface area contributed by atoms with Crippen LogP contribution in [0.1, 0.15) is 23.7 Å². The summed E-state index contributed by atoms with van der Waals surface area (Å²) in [6.45, 7) is 0.219. The molecule has 0 heterocycles. The van der Waals surface area contributed by atoms with Crippen LogP contribution in [0.15, 0.2) is 24.3 Å². The summed E-state index contributed by atoms with van der Waals surface area (Å²) in [6.07, 6.45) is 1.41. The van der Waals surface area contributed by atoms with Crippen molar-refractivity contribution < 1.29 is 23.7 Å². The fourth-order valence-electron chi connectivity index (χ4n) is 3.50. The van der Waals surface area contributed by atoms with Crippen molar-refractivity contribution in [3.05, 3.63) is 40.4 Å². The first-order valence-corrected chi connectivity index (χ1v) is 8.74. The Bertz CT molecular complexity index is 790. The van der Waals surface area contributed by atoms with Crippen LogP contribution in [0.2, 0.25) is 5.02 Å². The van der Waals surface area contributed by atoms with E-state index in [0.29, 0.717) is 22.3 Å². The van der Waals surface area contributed by atoms with Gasteiger partial charge < -0.3 is 23.7 Å². The standard InChI is InChI=1S/C20H23ClO5/c1-22-11-26-17-8-7-14-15(13-6-5-12(21)9-16(13)17)10-18(23-2)20(25-4)19(14)24-3/h5-6,9-10,17H,7-8,11H2,1-4H3. The highest BCUT2D eigenvalue weighted by Gasteiger charge is 2.28. The first-order valence-electron chi connectivity index (χ1n) is 8.36. The lowest BCUT2D eigenvalue weighted by Crippen LogP contribution is -2.07. The lowest BCUT2D eigenvalue weighted by Gasteiger charge is -2.19. The smallest absolute Gasteiger partial charge is 0.203 e. The third-order valence-corrected chi connectivity index (χ3v) is 4.86. The highest BCUT2D eigenvalue weighted by Crippen LogP contribution is 2.49. The quantitative estimate of drug-likeness (QED) is 0.685. The molecule has 1 aliphatic carbocycles. The van der Waals surface area contributed by atoms with E-state index >= 15 is 0 Å². The summed E-state index contributed by atoms with van der Waals surface area (Å²) in [6, 6.07) is 7.83. The Hall–Kier alpha value is -1.95. The lowest BCUT2D eigenvalue weighted by atomic mass is 9.95. The van der Waals surface area contributed by atoms with Crippen LogP contribution in [0, 0.1) is 0 Å². The maximum atomic E-state index is 6.26. The first-order chi connectivity index (χ1) is 12.6. The number of rotatable bonds is 6. The van der Waals surface area contributed by atoms with E-state index in [1.807, 2.05) is 24.3 Å². The fourth-order valence-corrected chi connectivity index (χ4v) is 3.68. The number of fused-ring (bicyclic) bond motifs is 3. The molecule has 0 spiro atoms. The van der Waals surface area contributed by atoms with Gasteiger partial charge in [0.1, 0.15) is 6.79 Å². The van der Waals surface area contributed by atoms with Gasteiger partial charge >= 0.3 is 0 Å². The van der Waals surface area contributed by atoms with E-state index in [-0.39, 0.29) is 12.9 Å². The van der Waals surface area contributed by atoms with Crippen molar-refractivity contribution in [1.29, 1.82) is 0 Å². The second-order valence-corrected chi connectivity index (χ2v) is 6.44. The molecular formula is C20H23ClO5. The van der Waals surface area contributed by atoms with Crippen LogP contribution in [0.4, 0.5) is 0 Å². The number of halogens is 1. The van der Waals surface area contributed by atoms with E-state index in [9.17, 15) is 0 Å². The van der Waals surface area contributed by atoms with Crippen LogP contribution >= 0.6 is 11.6 Å². The molecule has 6 heteroatoms. The van der Waals surface area contributed by atoms with Gasteiger partial charge in [0.05, 0.1) is 27.4 Å². The van der Waals surface area contributed by atoms with Crippen molar-refractivity contribution in [2.45, 2.75) is 18.9 Å². The minimum Gasteiger partial charge on any atom is -0.493 e. The number of methoxy groups -OCH3 is 4. The van der Waals surface area contributed by atoms with Crippen LogP contribution in [0.25, 0.3) is 11.1 Å². The van der Waals surface area contributed by atoms with Gasteiger partial charge in [0.15, 0.2) is 11.5 Å². The van der Waals surface area contributed by atoms with Gasteiger partial charge in [0, 0.05) is 17.7 Å². The van der Waals surface area contributed by atoms with Gasteiger partial charge in [-0.05, 0) is 47.7 Å². The van der Waals surface area contributed by atoms with E-state index in [2.05, 4.69) is 0 Å². The molecule has 0 saturated heterocycles. The maximum absolute atomic E-state index is 6.26. The average Bonchev–Trinajstić information content (AvgIpc) is 2.81. The van der Waals surface area contributed by atoms with Gasteiger partial charge in [-0.25, -0.2) is 0 Å². The highest BCUT2D eigenvalue weighted by atomic mass is 35.5. The Morgan fingerprint density at radius 2 is 1.73 bits per heavy atom. The third-order valence-electron chi connectivity index (χ3n) is 4.63. The predicted molar refractivity (Wildman–Crippen MR) is 101 cm³/mol. The number of hydrogen-bond donors (Lipinski definition) is 0. The molecule has 1 aliphatic rings. The van der Waals surface area contributed by atoms with Crippen molar-refractivity contribution in [2.75, 3.05) is 35.2 Å². The highest BCUT2D eigenvalue weighted by molar-refractivity contribution is 6.30. The minimum atomic E-state index is -0.127. The minimum absolute atomic E-state index is 0.127. The normalized spacial score (nSPS) is 15.7. The second kappa shape index (κ2) is 8.16. The summed E-state index contributed by atoms with van der Waals surface area (Å²) in [5, 5.41) is 0.672. The summed E-state index contributed by atoms with van der Waals surface area (Å²) >= 11 is 6.26. The van der Waals surface area contributed by atoms with Gasteiger partial charge in [0.2, 0.25) is 5.75 Å². The van der Waals surface area contributed by atoms with Crippen LogP contribution < -0.4 is 14.2 Å². The number of benzene rings is 2. The summed E-state index contributed by atoms with van der Waals surface area (Å²) in [4.78, 5) is 0. The molecule has 0 aliphatic heterocycles. The number of ether oxygens (including phenoxy) is 5. The Labute approximate surface area is 158 Å². The summed E-state index contributed by atoms with van der Waals surface area (Å²) < 4.78 is 27.8. The molecule has 0 bridgehead atoms. The molecule has 3 rings (SSSR count).